The molecule has 1 N–H and O–H groups in total. The fraction of sp³-hybridized carbons (Fsp3) is 0.111. The van der Waals surface area contributed by atoms with Crippen LogP contribution in [0, 0.1) is 0 Å². The van der Waals surface area contributed by atoms with E-state index in [1.54, 1.807) is 25.5 Å². The number of amides is 1. The fourth-order valence-electron chi connectivity index (χ4n) is 3.41. The lowest BCUT2D eigenvalue weighted by atomic mass is 10.1. The standard InChI is InChI=1S/C27H24N2O4/c1-31-25-16-22-11-7-6-10-21(22)15-23(25)27(30)29-28-17-20-12-13-24(26(14-20)32-2)33-18-19-8-4-3-5-9-19/h3-17H,18H2,1-2H3,(H,29,30). The highest BCUT2D eigenvalue weighted by Gasteiger charge is 2.13. The summed E-state index contributed by atoms with van der Waals surface area (Å²) in [6.45, 7) is 0.439. The Balaban J connectivity index is 1.44. The van der Waals surface area contributed by atoms with Crippen LogP contribution in [0.5, 0.6) is 17.2 Å². The molecule has 4 aromatic rings. The number of ether oxygens (including phenoxy) is 3. The first-order chi connectivity index (χ1) is 16.2. The van der Waals surface area contributed by atoms with Crippen LogP contribution in [0.25, 0.3) is 10.8 Å². The number of hydrogen-bond donors (Lipinski definition) is 1. The molecule has 0 aliphatic rings. The van der Waals surface area contributed by atoms with Gasteiger partial charge in [-0.25, -0.2) is 5.43 Å². The van der Waals surface area contributed by atoms with E-state index in [1.165, 1.54) is 7.11 Å². The summed E-state index contributed by atoms with van der Waals surface area (Å²) in [6, 6.07) is 26.8. The zero-order valence-electron chi connectivity index (χ0n) is 18.4. The van der Waals surface area contributed by atoms with Gasteiger partial charge in [-0.3, -0.25) is 4.79 Å². The maximum atomic E-state index is 12.7. The van der Waals surface area contributed by atoms with Crippen molar-refractivity contribution in [2.24, 2.45) is 5.10 Å². The molecule has 6 nitrogen and oxygen atoms in total. The highest BCUT2D eigenvalue weighted by atomic mass is 16.5. The summed E-state index contributed by atoms with van der Waals surface area (Å²) in [5.74, 6) is 1.34. The Morgan fingerprint density at radius 2 is 1.52 bits per heavy atom. The molecule has 0 heterocycles. The zero-order valence-corrected chi connectivity index (χ0v) is 18.4. The van der Waals surface area contributed by atoms with Crippen molar-refractivity contribution in [3.63, 3.8) is 0 Å². The minimum atomic E-state index is -0.358. The van der Waals surface area contributed by atoms with Crippen molar-refractivity contribution in [3.8, 4) is 17.2 Å². The predicted octanol–water partition coefficient (Wildman–Crippen LogP) is 5.20. The van der Waals surface area contributed by atoms with Crippen molar-refractivity contribution in [3.05, 3.63) is 102 Å². The summed E-state index contributed by atoms with van der Waals surface area (Å²) in [5.41, 5.74) is 4.80. The Kier molecular flexibility index (Phi) is 6.85. The number of carbonyl (C=O) groups excluding carboxylic acids is 1. The number of fused-ring (bicyclic) bond motifs is 1. The van der Waals surface area contributed by atoms with Gasteiger partial charge in [0.1, 0.15) is 12.4 Å². The highest BCUT2D eigenvalue weighted by Crippen LogP contribution is 2.29. The maximum Gasteiger partial charge on any atom is 0.275 e. The first-order valence-electron chi connectivity index (χ1n) is 10.4. The van der Waals surface area contributed by atoms with Gasteiger partial charge in [0.25, 0.3) is 5.91 Å². The van der Waals surface area contributed by atoms with Crippen molar-refractivity contribution < 1.29 is 19.0 Å². The predicted molar refractivity (Wildman–Crippen MR) is 129 cm³/mol. The number of nitrogens with one attached hydrogen (secondary N) is 1. The second-order valence-corrected chi connectivity index (χ2v) is 7.28. The van der Waals surface area contributed by atoms with Gasteiger partial charge in [-0.2, -0.15) is 5.10 Å². The second kappa shape index (κ2) is 10.3. The van der Waals surface area contributed by atoms with Gasteiger partial charge in [0.15, 0.2) is 11.5 Å². The molecule has 0 atom stereocenters. The van der Waals surface area contributed by atoms with E-state index < -0.39 is 0 Å². The van der Waals surface area contributed by atoms with Gasteiger partial charge in [0.05, 0.1) is 26.0 Å². The SMILES string of the molecule is COc1cc(C=NNC(=O)c2cc3ccccc3cc2OC)ccc1OCc1ccccc1. The smallest absolute Gasteiger partial charge is 0.275 e. The van der Waals surface area contributed by atoms with Gasteiger partial charge < -0.3 is 14.2 Å². The van der Waals surface area contributed by atoms with E-state index in [4.69, 9.17) is 14.2 Å². The summed E-state index contributed by atoms with van der Waals surface area (Å²) >= 11 is 0. The largest absolute Gasteiger partial charge is 0.496 e. The van der Waals surface area contributed by atoms with Gasteiger partial charge >= 0.3 is 0 Å². The van der Waals surface area contributed by atoms with E-state index in [1.807, 2.05) is 72.8 Å². The van der Waals surface area contributed by atoms with Crippen LogP contribution in [0.15, 0.2) is 90.0 Å². The summed E-state index contributed by atoms with van der Waals surface area (Å²) in [7, 11) is 3.12. The molecule has 0 spiro atoms. The molecule has 0 aromatic heterocycles. The minimum Gasteiger partial charge on any atom is -0.496 e. The number of hydrazone groups is 1. The minimum absolute atomic E-state index is 0.358. The average molecular weight is 440 g/mol. The van der Waals surface area contributed by atoms with E-state index in [2.05, 4.69) is 10.5 Å². The molecule has 0 saturated heterocycles. The normalized spacial score (nSPS) is 10.8. The highest BCUT2D eigenvalue weighted by molar-refractivity contribution is 6.02. The first kappa shape index (κ1) is 21.9. The zero-order chi connectivity index (χ0) is 23.0. The van der Waals surface area contributed by atoms with Gasteiger partial charge in [-0.05, 0) is 52.2 Å². The molecular weight excluding hydrogens is 416 g/mol. The lowest BCUT2D eigenvalue weighted by Gasteiger charge is -2.11. The Morgan fingerprint density at radius 3 is 2.24 bits per heavy atom. The van der Waals surface area contributed by atoms with E-state index in [0.29, 0.717) is 29.4 Å². The number of carbonyl (C=O) groups is 1. The molecule has 1 amide bonds. The van der Waals surface area contributed by atoms with E-state index in [-0.39, 0.29) is 5.91 Å². The van der Waals surface area contributed by atoms with Crippen LogP contribution in [-0.4, -0.2) is 26.3 Å². The van der Waals surface area contributed by atoms with Crippen LogP contribution < -0.4 is 19.6 Å². The molecule has 166 valence electrons. The third kappa shape index (κ3) is 5.30. The van der Waals surface area contributed by atoms with Crippen molar-refractivity contribution >= 4 is 22.9 Å². The molecule has 4 rings (SSSR count). The second-order valence-electron chi connectivity index (χ2n) is 7.28. The van der Waals surface area contributed by atoms with Crippen LogP contribution in [0.2, 0.25) is 0 Å². The van der Waals surface area contributed by atoms with Crippen LogP contribution in [0.1, 0.15) is 21.5 Å². The summed E-state index contributed by atoms with van der Waals surface area (Å²) in [6.07, 6.45) is 1.55. The topological polar surface area (TPSA) is 69.2 Å². The third-order valence-electron chi connectivity index (χ3n) is 5.12. The number of hydrogen-bond acceptors (Lipinski definition) is 5. The van der Waals surface area contributed by atoms with Gasteiger partial charge in [0, 0.05) is 0 Å². The summed E-state index contributed by atoms with van der Waals surface area (Å²) in [5, 5.41) is 6.04. The molecule has 33 heavy (non-hydrogen) atoms. The Hall–Kier alpha value is -4.32. The average Bonchev–Trinajstić information content (AvgIpc) is 2.87. The van der Waals surface area contributed by atoms with Gasteiger partial charge in [-0.15, -0.1) is 0 Å². The van der Waals surface area contributed by atoms with Crippen LogP contribution in [0.4, 0.5) is 0 Å². The van der Waals surface area contributed by atoms with Crippen molar-refractivity contribution in [2.45, 2.75) is 6.61 Å². The van der Waals surface area contributed by atoms with Gasteiger partial charge in [0.2, 0.25) is 0 Å². The Bertz CT molecular complexity index is 1290. The number of methoxy groups -OCH3 is 2. The van der Waals surface area contributed by atoms with Crippen LogP contribution >= 0.6 is 0 Å². The fourth-order valence-corrected chi connectivity index (χ4v) is 3.41. The van der Waals surface area contributed by atoms with Crippen molar-refractivity contribution in [1.29, 1.82) is 0 Å². The molecular formula is C27H24N2O4. The summed E-state index contributed by atoms with van der Waals surface area (Å²) in [4.78, 5) is 12.7. The lowest BCUT2D eigenvalue weighted by Crippen LogP contribution is -2.18. The number of rotatable bonds is 8. The monoisotopic (exact) mass is 440 g/mol. The molecule has 4 aromatic carbocycles. The molecule has 0 saturated carbocycles. The molecule has 0 aliphatic heterocycles. The molecule has 6 heteroatoms. The molecule has 0 fully saturated rings. The third-order valence-corrected chi connectivity index (χ3v) is 5.12. The maximum absolute atomic E-state index is 12.7. The Labute approximate surface area is 192 Å². The van der Waals surface area contributed by atoms with E-state index in [0.717, 1.165) is 21.9 Å². The summed E-state index contributed by atoms with van der Waals surface area (Å²) < 4.78 is 16.7. The van der Waals surface area contributed by atoms with Crippen LogP contribution in [0.3, 0.4) is 0 Å². The van der Waals surface area contributed by atoms with Crippen LogP contribution in [-0.2, 0) is 6.61 Å². The lowest BCUT2D eigenvalue weighted by molar-refractivity contribution is 0.0952. The molecule has 0 bridgehead atoms. The van der Waals surface area contributed by atoms with E-state index >= 15 is 0 Å². The number of nitrogens with zero attached hydrogens (tertiary/aromatic N) is 1. The molecule has 0 aliphatic carbocycles. The molecule has 0 unspecified atom stereocenters. The van der Waals surface area contributed by atoms with Crippen molar-refractivity contribution in [2.75, 3.05) is 14.2 Å². The Morgan fingerprint density at radius 1 is 0.818 bits per heavy atom. The van der Waals surface area contributed by atoms with Crippen molar-refractivity contribution in [1.82, 2.24) is 5.43 Å². The van der Waals surface area contributed by atoms with Gasteiger partial charge in [-0.1, -0.05) is 54.6 Å². The quantitative estimate of drug-likeness (QED) is 0.302. The molecule has 0 radical (unpaired) electrons. The number of benzene rings is 4. The first-order valence-corrected chi connectivity index (χ1v) is 10.4. The van der Waals surface area contributed by atoms with E-state index in [9.17, 15) is 4.79 Å².